The highest BCUT2D eigenvalue weighted by Gasteiger charge is 2.09. The monoisotopic (exact) mass is 267 g/mol. The Bertz CT molecular complexity index is 537. The van der Waals surface area contributed by atoms with Gasteiger partial charge in [0.25, 0.3) is 0 Å². The molecule has 0 spiro atoms. The first kappa shape index (κ1) is 13.1. The van der Waals surface area contributed by atoms with Crippen molar-refractivity contribution in [3.63, 3.8) is 0 Å². The average Bonchev–Trinajstić information content (AvgIpc) is 2.70. The smallest absolute Gasteiger partial charge is 0.128 e. The third-order valence-electron chi connectivity index (χ3n) is 2.65. The van der Waals surface area contributed by atoms with Crippen LogP contribution >= 0.6 is 11.6 Å². The Hall–Kier alpha value is -1.39. The van der Waals surface area contributed by atoms with Gasteiger partial charge in [0.15, 0.2) is 0 Å². The van der Waals surface area contributed by atoms with Gasteiger partial charge in [-0.1, -0.05) is 11.6 Å². The summed E-state index contributed by atoms with van der Waals surface area (Å²) in [6, 6.07) is 4.57. The summed E-state index contributed by atoms with van der Waals surface area (Å²) in [5.74, 6) is 0.587. The van der Waals surface area contributed by atoms with E-state index in [0.717, 1.165) is 5.82 Å². The molecule has 0 fully saturated rings. The highest BCUT2D eigenvalue weighted by Crippen LogP contribution is 2.16. The van der Waals surface area contributed by atoms with E-state index in [1.54, 1.807) is 12.3 Å². The van der Waals surface area contributed by atoms with Crippen molar-refractivity contribution in [2.45, 2.75) is 25.9 Å². The molecule has 0 aliphatic heterocycles. The van der Waals surface area contributed by atoms with Crippen LogP contribution in [0.1, 0.15) is 18.3 Å². The molecule has 0 bridgehead atoms. The highest BCUT2D eigenvalue weighted by molar-refractivity contribution is 6.30. The van der Waals surface area contributed by atoms with Crippen molar-refractivity contribution >= 4 is 11.6 Å². The molecule has 2 N–H and O–H groups in total. The lowest BCUT2D eigenvalue weighted by atomic mass is 10.2. The Labute approximate surface area is 110 Å². The van der Waals surface area contributed by atoms with Crippen molar-refractivity contribution in [3.8, 4) is 0 Å². The van der Waals surface area contributed by atoms with E-state index in [1.807, 2.05) is 17.7 Å². The molecule has 0 aliphatic carbocycles. The quantitative estimate of drug-likeness (QED) is 0.925. The largest absolute Gasteiger partial charge is 0.330 e. The van der Waals surface area contributed by atoms with Gasteiger partial charge in [-0.2, -0.15) is 0 Å². The maximum atomic E-state index is 13.6. The van der Waals surface area contributed by atoms with Crippen molar-refractivity contribution in [2.24, 2.45) is 5.73 Å². The van der Waals surface area contributed by atoms with Crippen LogP contribution in [0.3, 0.4) is 0 Å². The van der Waals surface area contributed by atoms with Crippen molar-refractivity contribution in [3.05, 3.63) is 52.8 Å². The summed E-state index contributed by atoms with van der Waals surface area (Å²) in [5, 5.41) is 0.528. The number of rotatable bonds is 4. The lowest BCUT2D eigenvalue weighted by Crippen LogP contribution is -2.20. The van der Waals surface area contributed by atoms with Gasteiger partial charge in [-0.3, -0.25) is 0 Å². The molecule has 1 heterocycles. The zero-order valence-electron chi connectivity index (χ0n) is 10.1. The Morgan fingerprint density at radius 3 is 3.00 bits per heavy atom. The molecule has 0 radical (unpaired) electrons. The number of imidazole rings is 1. The summed E-state index contributed by atoms with van der Waals surface area (Å²) in [7, 11) is 0. The zero-order chi connectivity index (χ0) is 13.1. The van der Waals surface area contributed by atoms with Crippen molar-refractivity contribution < 1.29 is 4.39 Å². The van der Waals surface area contributed by atoms with Gasteiger partial charge in [-0.15, -0.1) is 0 Å². The molecular weight excluding hydrogens is 253 g/mol. The van der Waals surface area contributed by atoms with Crippen LogP contribution in [0.5, 0.6) is 0 Å². The number of halogens is 2. The van der Waals surface area contributed by atoms with E-state index in [2.05, 4.69) is 4.98 Å². The van der Waals surface area contributed by atoms with E-state index in [0.29, 0.717) is 23.6 Å². The van der Waals surface area contributed by atoms with E-state index in [1.165, 1.54) is 12.1 Å². The molecule has 96 valence electrons. The molecule has 18 heavy (non-hydrogen) atoms. The highest BCUT2D eigenvalue weighted by atomic mass is 35.5. The summed E-state index contributed by atoms with van der Waals surface area (Å²) >= 11 is 5.87. The molecule has 1 aromatic carbocycles. The fourth-order valence-electron chi connectivity index (χ4n) is 1.81. The second kappa shape index (κ2) is 5.50. The van der Waals surface area contributed by atoms with Crippen LogP contribution in [-0.2, 0) is 13.0 Å². The lowest BCUT2D eigenvalue weighted by Gasteiger charge is -2.10. The first-order valence-corrected chi connectivity index (χ1v) is 6.13. The fourth-order valence-corrected chi connectivity index (χ4v) is 2.00. The Morgan fingerprint density at radius 2 is 2.28 bits per heavy atom. The molecule has 1 aromatic heterocycles. The number of nitrogens with zero attached hydrogens (tertiary/aromatic N) is 2. The predicted octanol–water partition coefficient (Wildman–Crippen LogP) is 2.61. The number of nitrogens with two attached hydrogens (primary N) is 1. The molecule has 2 rings (SSSR count). The maximum absolute atomic E-state index is 13.6. The van der Waals surface area contributed by atoms with E-state index >= 15 is 0 Å². The van der Waals surface area contributed by atoms with Gasteiger partial charge in [-0.25, -0.2) is 9.37 Å². The first-order valence-electron chi connectivity index (χ1n) is 5.76. The SMILES string of the molecule is CC(N)Cc1nccn1Cc1cc(Cl)ccc1F. The molecule has 1 atom stereocenters. The Balaban J connectivity index is 2.23. The van der Waals surface area contributed by atoms with Gasteiger partial charge in [-0.05, 0) is 25.1 Å². The van der Waals surface area contributed by atoms with E-state index < -0.39 is 0 Å². The standard InChI is InChI=1S/C13H15ClFN3/c1-9(16)6-13-17-4-5-18(13)8-10-7-11(14)2-3-12(10)15/h2-5,7,9H,6,8,16H2,1H3. The zero-order valence-corrected chi connectivity index (χ0v) is 10.9. The first-order chi connectivity index (χ1) is 8.56. The number of aromatic nitrogens is 2. The molecule has 3 nitrogen and oxygen atoms in total. The second-order valence-electron chi connectivity index (χ2n) is 4.39. The van der Waals surface area contributed by atoms with Crippen LogP contribution < -0.4 is 5.73 Å². The topological polar surface area (TPSA) is 43.8 Å². The van der Waals surface area contributed by atoms with E-state index in [9.17, 15) is 4.39 Å². The lowest BCUT2D eigenvalue weighted by molar-refractivity contribution is 0.588. The second-order valence-corrected chi connectivity index (χ2v) is 4.82. The minimum Gasteiger partial charge on any atom is -0.330 e. The Kier molecular flexibility index (Phi) is 3.99. The van der Waals surface area contributed by atoms with Crippen LogP contribution in [-0.4, -0.2) is 15.6 Å². The summed E-state index contributed by atoms with van der Waals surface area (Å²) in [5.41, 5.74) is 6.30. The van der Waals surface area contributed by atoms with Crippen LogP contribution in [0.25, 0.3) is 0 Å². The van der Waals surface area contributed by atoms with Gasteiger partial charge in [0.2, 0.25) is 0 Å². The molecule has 0 saturated heterocycles. The number of benzene rings is 1. The Morgan fingerprint density at radius 1 is 1.50 bits per heavy atom. The van der Waals surface area contributed by atoms with Crippen LogP contribution in [0.2, 0.25) is 5.02 Å². The normalized spacial score (nSPS) is 12.7. The molecule has 2 aromatic rings. The number of hydrogen-bond acceptors (Lipinski definition) is 2. The summed E-state index contributed by atoms with van der Waals surface area (Å²) in [4.78, 5) is 4.23. The number of hydrogen-bond donors (Lipinski definition) is 1. The van der Waals surface area contributed by atoms with Crippen LogP contribution in [0.4, 0.5) is 4.39 Å². The molecular formula is C13H15ClFN3. The van der Waals surface area contributed by atoms with Gasteiger partial charge < -0.3 is 10.3 Å². The van der Waals surface area contributed by atoms with Gasteiger partial charge in [0.05, 0.1) is 6.54 Å². The molecule has 5 heteroatoms. The third kappa shape index (κ3) is 3.09. The van der Waals surface area contributed by atoms with Crippen molar-refractivity contribution in [1.82, 2.24) is 9.55 Å². The minimum absolute atomic E-state index is 0.0235. The average molecular weight is 268 g/mol. The third-order valence-corrected chi connectivity index (χ3v) is 2.89. The molecule has 1 unspecified atom stereocenters. The summed E-state index contributed by atoms with van der Waals surface area (Å²) < 4.78 is 15.5. The van der Waals surface area contributed by atoms with Crippen LogP contribution in [0.15, 0.2) is 30.6 Å². The van der Waals surface area contributed by atoms with Crippen molar-refractivity contribution in [2.75, 3.05) is 0 Å². The summed E-state index contributed by atoms with van der Waals surface area (Å²) in [6.07, 6.45) is 4.17. The fraction of sp³-hybridized carbons (Fsp3) is 0.308. The minimum atomic E-state index is -0.264. The van der Waals surface area contributed by atoms with Gasteiger partial charge in [0.1, 0.15) is 11.6 Å². The van der Waals surface area contributed by atoms with Crippen molar-refractivity contribution in [1.29, 1.82) is 0 Å². The van der Waals surface area contributed by atoms with Gasteiger partial charge >= 0.3 is 0 Å². The maximum Gasteiger partial charge on any atom is 0.128 e. The van der Waals surface area contributed by atoms with Crippen LogP contribution in [0, 0.1) is 5.82 Å². The molecule has 0 aliphatic rings. The van der Waals surface area contributed by atoms with E-state index in [4.69, 9.17) is 17.3 Å². The van der Waals surface area contributed by atoms with Gasteiger partial charge in [0, 0.05) is 35.4 Å². The molecule has 0 amide bonds. The summed E-state index contributed by atoms with van der Waals surface area (Å²) in [6.45, 7) is 2.33. The predicted molar refractivity (Wildman–Crippen MR) is 70.1 cm³/mol. The van der Waals surface area contributed by atoms with E-state index in [-0.39, 0.29) is 11.9 Å². The molecule has 0 saturated carbocycles.